The molecule has 6 nitrogen and oxygen atoms in total. The SMILES string of the molecule is Cc1ccc(C(C)Nc2c(Cl)ccc3c2CCNCC3)s1.O=C(O)CCC(=O)O. The van der Waals surface area contributed by atoms with E-state index < -0.39 is 11.9 Å². The molecule has 2 heterocycles. The van der Waals surface area contributed by atoms with Crippen LogP contribution in [0.4, 0.5) is 5.69 Å². The Bertz CT molecular complexity index is 839. The molecule has 3 rings (SSSR count). The first-order chi connectivity index (χ1) is 13.8. The van der Waals surface area contributed by atoms with Crippen LogP contribution in [0.1, 0.15) is 46.7 Å². The fourth-order valence-corrected chi connectivity index (χ4v) is 4.20. The number of carbonyl (C=O) groups is 2. The van der Waals surface area contributed by atoms with Gasteiger partial charge in [-0.25, -0.2) is 0 Å². The van der Waals surface area contributed by atoms with Gasteiger partial charge < -0.3 is 20.8 Å². The lowest BCUT2D eigenvalue weighted by Gasteiger charge is -2.20. The molecule has 1 aromatic carbocycles. The lowest BCUT2D eigenvalue weighted by molar-refractivity contribution is -0.143. The van der Waals surface area contributed by atoms with Crippen LogP contribution in [0, 0.1) is 6.92 Å². The number of nitrogens with one attached hydrogen (secondary N) is 2. The minimum Gasteiger partial charge on any atom is -0.481 e. The van der Waals surface area contributed by atoms with Crippen molar-refractivity contribution in [1.82, 2.24) is 5.32 Å². The second-order valence-electron chi connectivity index (χ2n) is 6.91. The van der Waals surface area contributed by atoms with Gasteiger partial charge in [0.25, 0.3) is 0 Å². The van der Waals surface area contributed by atoms with Crippen molar-refractivity contribution in [3.05, 3.63) is 50.2 Å². The Labute approximate surface area is 179 Å². The molecule has 1 unspecified atom stereocenters. The molecule has 4 N–H and O–H groups in total. The molecule has 0 saturated carbocycles. The van der Waals surface area contributed by atoms with Gasteiger partial charge in [0, 0.05) is 9.75 Å². The van der Waals surface area contributed by atoms with Gasteiger partial charge in [0.15, 0.2) is 0 Å². The van der Waals surface area contributed by atoms with E-state index in [1.165, 1.54) is 20.9 Å². The molecular formula is C21H27ClN2O4S. The Hall–Kier alpha value is -2.09. The quantitative estimate of drug-likeness (QED) is 0.529. The topological polar surface area (TPSA) is 98.7 Å². The number of hydrogen-bond donors (Lipinski definition) is 4. The maximum absolute atomic E-state index is 9.64. The highest BCUT2D eigenvalue weighted by atomic mass is 35.5. The molecule has 0 fully saturated rings. The largest absolute Gasteiger partial charge is 0.481 e. The van der Waals surface area contributed by atoms with Crippen LogP contribution in [0.2, 0.25) is 5.02 Å². The monoisotopic (exact) mass is 438 g/mol. The molecule has 2 aromatic rings. The van der Waals surface area contributed by atoms with E-state index in [2.05, 4.69) is 42.7 Å². The Morgan fingerprint density at radius 1 is 1.14 bits per heavy atom. The maximum Gasteiger partial charge on any atom is 0.303 e. The van der Waals surface area contributed by atoms with E-state index in [-0.39, 0.29) is 18.9 Å². The molecule has 1 aliphatic heterocycles. The Morgan fingerprint density at radius 3 is 2.38 bits per heavy atom. The van der Waals surface area contributed by atoms with Crippen LogP contribution in [0.25, 0.3) is 0 Å². The molecule has 1 atom stereocenters. The highest BCUT2D eigenvalue weighted by Gasteiger charge is 2.17. The van der Waals surface area contributed by atoms with Crippen LogP contribution in [0.3, 0.4) is 0 Å². The predicted molar refractivity (Wildman–Crippen MR) is 117 cm³/mol. The maximum atomic E-state index is 9.64. The van der Waals surface area contributed by atoms with Crippen LogP contribution in [0.15, 0.2) is 24.3 Å². The van der Waals surface area contributed by atoms with Gasteiger partial charge in [-0.05, 0) is 69.1 Å². The van der Waals surface area contributed by atoms with E-state index >= 15 is 0 Å². The van der Waals surface area contributed by atoms with Crippen LogP contribution >= 0.6 is 22.9 Å². The van der Waals surface area contributed by atoms with Gasteiger partial charge in [-0.2, -0.15) is 0 Å². The molecule has 1 aliphatic rings. The molecular weight excluding hydrogens is 412 g/mol. The first-order valence-electron chi connectivity index (χ1n) is 9.55. The molecule has 158 valence electrons. The summed E-state index contributed by atoms with van der Waals surface area (Å²) >= 11 is 8.32. The van der Waals surface area contributed by atoms with Crippen molar-refractivity contribution in [3.8, 4) is 0 Å². The third kappa shape index (κ3) is 7.34. The summed E-state index contributed by atoms with van der Waals surface area (Å²) < 4.78 is 0. The van der Waals surface area contributed by atoms with Crippen LogP contribution in [-0.4, -0.2) is 35.2 Å². The van der Waals surface area contributed by atoms with Crippen LogP contribution in [-0.2, 0) is 22.4 Å². The fourth-order valence-electron chi connectivity index (χ4n) is 3.09. The minimum absolute atomic E-state index is 0.281. The second kappa shape index (κ2) is 11.2. The van der Waals surface area contributed by atoms with Gasteiger partial charge in [-0.1, -0.05) is 17.7 Å². The standard InChI is InChI=1S/C17H21ClN2S.C4H6O4/c1-11-3-6-16(21-11)12(2)20-17-14-8-10-19-9-7-13(14)4-5-15(17)18;5-3(6)1-2-4(7)8/h3-6,12,19-20H,7-10H2,1-2H3;1-2H2,(H,5,6)(H,7,8). The number of carboxylic acid groups (broad SMARTS) is 2. The van der Waals surface area contributed by atoms with Gasteiger partial charge in [0.2, 0.25) is 0 Å². The van der Waals surface area contributed by atoms with E-state index in [0.29, 0.717) is 0 Å². The number of anilines is 1. The van der Waals surface area contributed by atoms with Crippen molar-refractivity contribution in [3.63, 3.8) is 0 Å². The lowest BCUT2D eigenvalue weighted by Crippen LogP contribution is -2.16. The van der Waals surface area contributed by atoms with Crippen molar-refractivity contribution >= 4 is 40.6 Å². The van der Waals surface area contributed by atoms with Crippen molar-refractivity contribution in [2.75, 3.05) is 18.4 Å². The van der Waals surface area contributed by atoms with Gasteiger partial charge >= 0.3 is 11.9 Å². The molecule has 8 heteroatoms. The zero-order valence-corrected chi connectivity index (χ0v) is 18.2. The normalized spacial score (nSPS) is 14.0. The number of carboxylic acids is 2. The fraction of sp³-hybridized carbons (Fsp3) is 0.429. The van der Waals surface area contributed by atoms with Crippen molar-refractivity contribution in [2.24, 2.45) is 0 Å². The zero-order chi connectivity index (χ0) is 21.4. The molecule has 0 spiro atoms. The van der Waals surface area contributed by atoms with E-state index in [0.717, 1.165) is 36.6 Å². The van der Waals surface area contributed by atoms with E-state index in [4.69, 9.17) is 21.8 Å². The number of hydrogen-bond acceptors (Lipinski definition) is 5. The zero-order valence-electron chi connectivity index (χ0n) is 16.6. The summed E-state index contributed by atoms with van der Waals surface area (Å²) in [6.07, 6.45) is 1.52. The van der Waals surface area contributed by atoms with Gasteiger partial charge in [0.1, 0.15) is 0 Å². The predicted octanol–water partition coefficient (Wildman–Crippen LogP) is 4.51. The number of rotatable bonds is 6. The number of fused-ring (bicyclic) bond motifs is 1. The third-order valence-corrected chi connectivity index (χ3v) is 6.08. The van der Waals surface area contributed by atoms with Crippen molar-refractivity contribution in [2.45, 2.75) is 45.6 Å². The summed E-state index contributed by atoms with van der Waals surface area (Å²) in [6.45, 7) is 6.42. The highest BCUT2D eigenvalue weighted by molar-refractivity contribution is 7.12. The summed E-state index contributed by atoms with van der Waals surface area (Å²) in [5.41, 5.74) is 3.92. The van der Waals surface area contributed by atoms with E-state index in [1.54, 1.807) is 0 Å². The highest BCUT2D eigenvalue weighted by Crippen LogP contribution is 2.34. The Morgan fingerprint density at radius 2 is 1.79 bits per heavy atom. The molecule has 0 saturated heterocycles. The summed E-state index contributed by atoms with van der Waals surface area (Å²) in [6, 6.07) is 8.86. The molecule has 1 aromatic heterocycles. The van der Waals surface area contributed by atoms with Crippen LogP contribution in [0.5, 0.6) is 0 Å². The number of aryl methyl sites for hydroxylation is 1. The van der Waals surface area contributed by atoms with Gasteiger partial charge in [0.05, 0.1) is 29.6 Å². The lowest BCUT2D eigenvalue weighted by atomic mass is 10.0. The summed E-state index contributed by atoms with van der Waals surface area (Å²) in [5.74, 6) is -2.15. The van der Waals surface area contributed by atoms with Crippen molar-refractivity contribution < 1.29 is 19.8 Å². The summed E-state index contributed by atoms with van der Waals surface area (Å²) in [7, 11) is 0. The first kappa shape index (κ1) is 23.2. The smallest absolute Gasteiger partial charge is 0.303 e. The second-order valence-corrected chi connectivity index (χ2v) is 8.64. The molecule has 0 aliphatic carbocycles. The van der Waals surface area contributed by atoms with Gasteiger partial charge in [-0.15, -0.1) is 11.3 Å². The number of aliphatic carboxylic acids is 2. The molecule has 0 amide bonds. The average molecular weight is 439 g/mol. The van der Waals surface area contributed by atoms with E-state index in [1.807, 2.05) is 17.4 Å². The number of thiophene rings is 1. The Balaban J connectivity index is 0.000000321. The Kier molecular flexibility index (Phi) is 8.95. The van der Waals surface area contributed by atoms with Gasteiger partial charge in [-0.3, -0.25) is 9.59 Å². The molecule has 0 bridgehead atoms. The van der Waals surface area contributed by atoms with Crippen LogP contribution < -0.4 is 10.6 Å². The van der Waals surface area contributed by atoms with E-state index in [9.17, 15) is 9.59 Å². The molecule has 0 radical (unpaired) electrons. The first-order valence-corrected chi connectivity index (χ1v) is 10.7. The average Bonchev–Trinajstić information content (AvgIpc) is 2.96. The summed E-state index contributed by atoms with van der Waals surface area (Å²) in [4.78, 5) is 22.0. The number of benzene rings is 1. The third-order valence-electron chi connectivity index (χ3n) is 4.58. The van der Waals surface area contributed by atoms with Crippen molar-refractivity contribution in [1.29, 1.82) is 0 Å². The molecule has 29 heavy (non-hydrogen) atoms. The minimum atomic E-state index is -1.08. The number of halogens is 1. The summed E-state index contributed by atoms with van der Waals surface area (Å²) in [5, 5.41) is 23.7.